The summed E-state index contributed by atoms with van der Waals surface area (Å²) in [5.74, 6) is -1.13. The molecule has 0 saturated carbocycles. The molecule has 2 aromatic carbocycles. The van der Waals surface area contributed by atoms with Gasteiger partial charge in [0.05, 0.1) is 5.02 Å². The lowest BCUT2D eigenvalue weighted by molar-refractivity contribution is -0.129. The van der Waals surface area contributed by atoms with Crippen molar-refractivity contribution in [3.63, 3.8) is 0 Å². The van der Waals surface area contributed by atoms with Gasteiger partial charge in [-0.25, -0.2) is 9.87 Å². The zero-order chi connectivity index (χ0) is 20.4. The molecule has 5 nitrogen and oxygen atoms in total. The van der Waals surface area contributed by atoms with Crippen LogP contribution in [-0.4, -0.2) is 23.6 Å². The van der Waals surface area contributed by atoms with Crippen LogP contribution in [0.3, 0.4) is 0 Å². The maximum absolute atomic E-state index is 13.3. The summed E-state index contributed by atoms with van der Waals surface area (Å²) in [4.78, 5) is 23.7. The molecule has 3 N–H and O–H groups in total. The Morgan fingerprint density at radius 2 is 1.82 bits per heavy atom. The van der Waals surface area contributed by atoms with Crippen LogP contribution in [0.15, 0.2) is 48.5 Å². The van der Waals surface area contributed by atoms with E-state index in [0.717, 1.165) is 12.0 Å². The molecule has 0 fully saturated rings. The first-order chi connectivity index (χ1) is 13.5. The van der Waals surface area contributed by atoms with E-state index in [1.165, 1.54) is 18.2 Å². The van der Waals surface area contributed by atoms with Crippen LogP contribution in [-0.2, 0) is 9.59 Å². The summed E-state index contributed by atoms with van der Waals surface area (Å²) >= 11 is 6.10. The van der Waals surface area contributed by atoms with Crippen molar-refractivity contribution < 1.29 is 19.2 Å². The number of carbonyl (C=O) groups is 2. The third-order valence-corrected chi connectivity index (χ3v) is 4.41. The van der Waals surface area contributed by atoms with Crippen molar-refractivity contribution in [2.75, 3.05) is 6.54 Å². The number of unbranched alkanes of at least 4 members (excludes halogenated alkanes) is 2. The van der Waals surface area contributed by atoms with E-state index in [2.05, 4.69) is 5.32 Å². The Labute approximate surface area is 168 Å². The molecular formula is C21H22ClFN2O3. The molecule has 0 aromatic heterocycles. The highest BCUT2D eigenvalue weighted by Gasteiger charge is 2.13. The molecule has 0 spiro atoms. The average molecular weight is 405 g/mol. The predicted octanol–water partition coefficient (Wildman–Crippen LogP) is 4.20. The molecule has 0 bridgehead atoms. The zero-order valence-electron chi connectivity index (χ0n) is 15.3. The number of rotatable bonds is 9. The van der Waals surface area contributed by atoms with Crippen LogP contribution < -0.4 is 10.8 Å². The topological polar surface area (TPSA) is 78.4 Å². The van der Waals surface area contributed by atoms with Crippen LogP contribution >= 0.6 is 11.6 Å². The second kappa shape index (κ2) is 11.2. The molecule has 0 saturated heterocycles. The molecule has 2 rings (SSSR count). The summed E-state index contributed by atoms with van der Waals surface area (Å²) in [6.45, 7) is 0.445. The number of benzene rings is 2. The summed E-state index contributed by atoms with van der Waals surface area (Å²) in [6, 6.07) is 13.2. The van der Waals surface area contributed by atoms with Crippen LogP contribution in [0.25, 0.3) is 11.6 Å². The van der Waals surface area contributed by atoms with Crippen LogP contribution in [0.1, 0.15) is 36.8 Å². The summed E-state index contributed by atoms with van der Waals surface area (Å²) < 4.78 is 13.3. The van der Waals surface area contributed by atoms with Gasteiger partial charge >= 0.3 is 0 Å². The molecule has 2 amide bonds. The summed E-state index contributed by atoms with van der Waals surface area (Å²) in [7, 11) is 0. The lowest BCUT2D eigenvalue weighted by Gasteiger charge is -2.10. The van der Waals surface area contributed by atoms with E-state index in [0.29, 0.717) is 30.5 Å². The van der Waals surface area contributed by atoms with Crippen molar-refractivity contribution in [2.24, 2.45) is 0 Å². The molecule has 148 valence electrons. The van der Waals surface area contributed by atoms with E-state index in [1.54, 1.807) is 11.6 Å². The van der Waals surface area contributed by atoms with Crippen molar-refractivity contribution in [1.29, 1.82) is 0 Å². The number of amides is 2. The van der Waals surface area contributed by atoms with E-state index in [1.807, 2.05) is 30.3 Å². The fraction of sp³-hybridized carbons (Fsp3) is 0.238. The second-order valence-electron chi connectivity index (χ2n) is 6.19. The molecule has 0 unspecified atom stereocenters. The van der Waals surface area contributed by atoms with Crippen LogP contribution in [0.5, 0.6) is 0 Å². The first-order valence-corrected chi connectivity index (χ1v) is 9.32. The molecule has 28 heavy (non-hydrogen) atoms. The highest BCUT2D eigenvalue weighted by molar-refractivity contribution is 6.33. The Kier molecular flexibility index (Phi) is 8.65. The Morgan fingerprint density at radius 3 is 2.50 bits per heavy atom. The standard InChI is InChI=1S/C21H22ClFN2O3/c22-19-14-17(23)11-10-16(19)13-18(15-7-3-1-4-8-15)21(27)24-12-6-2-5-9-20(26)25-28/h1,3-4,7-8,10-11,13-14,28H,2,5-6,9,12H2,(H,24,27)(H,25,26)/b18-13-. The van der Waals surface area contributed by atoms with Crippen molar-refractivity contribution in [2.45, 2.75) is 25.7 Å². The minimum absolute atomic E-state index is 0.225. The summed E-state index contributed by atoms with van der Waals surface area (Å²) in [5, 5.41) is 11.5. The number of hydrogen-bond donors (Lipinski definition) is 3. The van der Waals surface area contributed by atoms with Crippen LogP contribution in [0.2, 0.25) is 5.02 Å². The molecule has 0 aliphatic heterocycles. The van der Waals surface area contributed by atoms with Gasteiger partial charge in [0, 0.05) is 18.5 Å². The number of hydrogen-bond acceptors (Lipinski definition) is 3. The van der Waals surface area contributed by atoms with E-state index in [9.17, 15) is 14.0 Å². The minimum Gasteiger partial charge on any atom is -0.352 e. The molecule has 0 aliphatic rings. The van der Waals surface area contributed by atoms with Gasteiger partial charge in [-0.15, -0.1) is 0 Å². The maximum atomic E-state index is 13.3. The Balaban J connectivity index is 2.05. The van der Waals surface area contributed by atoms with E-state index >= 15 is 0 Å². The van der Waals surface area contributed by atoms with Gasteiger partial charge in [-0.3, -0.25) is 14.8 Å². The predicted molar refractivity (Wildman–Crippen MR) is 107 cm³/mol. The fourth-order valence-electron chi connectivity index (χ4n) is 2.61. The quantitative estimate of drug-likeness (QED) is 0.193. The highest BCUT2D eigenvalue weighted by Crippen LogP contribution is 2.24. The maximum Gasteiger partial charge on any atom is 0.251 e. The van der Waals surface area contributed by atoms with Gasteiger partial charge in [0.25, 0.3) is 5.91 Å². The number of nitrogens with one attached hydrogen (secondary N) is 2. The lowest BCUT2D eigenvalue weighted by Crippen LogP contribution is -2.25. The Bertz CT molecular complexity index is 841. The van der Waals surface area contributed by atoms with E-state index in [-0.39, 0.29) is 17.4 Å². The Morgan fingerprint density at radius 1 is 1.07 bits per heavy atom. The van der Waals surface area contributed by atoms with Crippen molar-refractivity contribution in [3.05, 3.63) is 70.5 Å². The van der Waals surface area contributed by atoms with Gasteiger partial charge < -0.3 is 5.32 Å². The van der Waals surface area contributed by atoms with Gasteiger partial charge in [-0.05, 0) is 42.2 Å². The minimum atomic E-state index is -0.442. The van der Waals surface area contributed by atoms with Crippen LogP contribution in [0, 0.1) is 5.82 Å². The largest absolute Gasteiger partial charge is 0.352 e. The van der Waals surface area contributed by atoms with Gasteiger partial charge in [0.15, 0.2) is 0 Å². The van der Waals surface area contributed by atoms with Gasteiger partial charge in [0.2, 0.25) is 5.91 Å². The summed E-state index contributed by atoms with van der Waals surface area (Å²) in [6.07, 6.45) is 3.93. The van der Waals surface area contributed by atoms with E-state index in [4.69, 9.17) is 16.8 Å². The molecule has 7 heteroatoms. The number of carbonyl (C=O) groups excluding carboxylic acids is 2. The summed E-state index contributed by atoms with van der Waals surface area (Å²) in [5.41, 5.74) is 3.28. The zero-order valence-corrected chi connectivity index (χ0v) is 16.0. The third-order valence-electron chi connectivity index (χ3n) is 4.08. The van der Waals surface area contributed by atoms with Gasteiger partial charge in [-0.2, -0.15) is 0 Å². The van der Waals surface area contributed by atoms with Crippen LogP contribution in [0.4, 0.5) is 4.39 Å². The molecule has 2 aromatic rings. The highest BCUT2D eigenvalue weighted by atomic mass is 35.5. The molecule has 0 radical (unpaired) electrons. The monoisotopic (exact) mass is 404 g/mol. The van der Waals surface area contributed by atoms with Crippen molar-refractivity contribution in [3.8, 4) is 0 Å². The average Bonchev–Trinajstić information content (AvgIpc) is 2.70. The SMILES string of the molecule is O=C(CCCCCNC(=O)/C(=C\c1ccc(F)cc1Cl)c1ccccc1)NO. The Hall–Kier alpha value is -2.70. The fourth-order valence-corrected chi connectivity index (χ4v) is 2.83. The molecule has 0 aliphatic carbocycles. The number of hydroxylamine groups is 1. The van der Waals surface area contributed by atoms with Gasteiger partial charge in [0.1, 0.15) is 5.82 Å². The van der Waals surface area contributed by atoms with Crippen molar-refractivity contribution >= 4 is 35.1 Å². The smallest absolute Gasteiger partial charge is 0.251 e. The van der Waals surface area contributed by atoms with Gasteiger partial charge in [-0.1, -0.05) is 54.4 Å². The lowest BCUT2D eigenvalue weighted by atomic mass is 10.0. The first kappa shape index (κ1) is 21.6. The normalized spacial score (nSPS) is 11.2. The third kappa shape index (κ3) is 6.79. The molecular weight excluding hydrogens is 383 g/mol. The van der Waals surface area contributed by atoms with E-state index < -0.39 is 11.7 Å². The molecule has 0 atom stereocenters. The molecule has 0 heterocycles. The first-order valence-electron chi connectivity index (χ1n) is 8.94. The number of halogens is 2. The second-order valence-corrected chi connectivity index (χ2v) is 6.60. The van der Waals surface area contributed by atoms with Crippen molar-refractivity contribution in [1.82, 2.24) is 10.8 Å².